The number of benzene rings is 1. The first-order chi connectivity index (χ1) is 6.68. The summed E-state index contributed by atoms with van der Waals surface area (Å²) in [7, 11) is -3.94. The lowest BCUT2D eigenvalue weighted by atomic mass is 9.87. The molecule has 15 heavy (non-hydrogen) atoms. The fraction of sp³-hybridized carbons (Fsp3) is 0.400. The van der Waals surface area contributed by atoms with E-state index in [1.165, 1.54) is 0 Å². The monoisotopic (exact) mass is 229 g/mol. The fourth-order valence-electron chi connectivity index (χ4n) is 1.15. The Bertz CT molecular complexity index is 446. The van der Waals surface area contributed by atoms with Crippen LogP contribution in [-0.4, -0.2) is 8.42 Å². The summed E-state index contributed by atoms with van der Waals surface area (Å²) in [5.41, 5.74) is 0.932. The first-order valence-corrected chi connectivity index (χ1v) is 5.98. The van der Waals surface area contributed by atoms with Crippen LogP contribution in [0.3, 0.4) is 0 Å². The Kier molecular flexibility index (Phi) is 3.06. The van der Waals surface area contributed by atoms with Crippen LogP contribution >= 0.6 is 0 Å². The molecule has 0 saturated heterocycles. The molecule has 1 rings (SSSR count). The summed E-state index contributed by atoms with van der Waals surface area (Å²) in [6.07, 6.45) is 0. The second-order valence-electron chi connectivity index (χ2n) is 4.35. The molecule has 0 aliphatic carbocycles. The molecular formula is C10H15NO3S. The van der Waals surface area contributed by atoms with Crippen LogP contribution in [0.5, 0.6) is 5.75 Å². The Balaban J connectivity index is 3.04. The number of nitrogens with two attached hydrogens (primary N) is 1. The third-order valence-corrected chi connectivity index (χ3v) is 2.34. The standard InChI is InChI=1S/C10H15NO3S/c1-10(2,3)8-5-4-6-9(7-8)14-15(11,12)13/h4-7H,1-3H3,(H2,11,12,13). The Hall–Kier alpha value is -1.07. The van der Waals surface area contributed by atoms with Gasteiger partial charge in [-0.05, 0) is 23.1 Å². The maximum atomic E-state index is 10.7. The van der Waals surface area contributed by atoms with Gasteiger partial charge >= 0.3 is 10.3 Å². The minimum atomic E-state index is -3.94. The van der Waals surface area contributed by atoms with E-state index in [9.17, 15) is 8.42 Å². The molecule has 0 spiro atoms. The first kappa shape index (κ1) is 12.0. The Morgan fingerprint density at radius 2 is 1.87 bits per heavy atom. The highest BCUT2D eigenvalue weighted by atomic mass is 32.2. The van der Waals surface area contributed by atoms with Crippen molar-refractivity contribution >= 4 is 10.3 Å². The van der Waals surface area contributed by atoms with Gasteiger partial charge in [0.2, 0.25) is 0 Å². The van der Waals surface area contributed by atoms with Crippen molar-refractivity contribution in [3.63, 3.8) is 0 Å². The van der Waals surface area contributed by atoms with Crippen molar-refractivity contribution in [1.29, 1.82) is 0 Å². The molecule has 0 radical (unpaired) electrons. The van der Waals surface area contributed by atoms with Crippen molar-refractivity contribution < 1.29 is 12.6 Å². The van der Waals surface area contributed by atoms with Gasteiger partial charge in [-0.25, -0.2) is 0 Å². The molecule has 0 saturated carbocycles. The van der Waals surface area contributed by atoms with E-state index in [4.69, 9.17) is 5.14 Å². The summed E-state index contributed by atoms with van der Waals surface area (Å²) < 4.78 is 26.0. The van der Waals surface area contributed by atoms with E-state index >= 15 is 0 Å². The molecule has 84 valence electrons. The van der Waals surface area contributed by atoms with Crippen molar-refractivity contribution in [2.45, 2.75) is 26.2 Å². The molecule has 1 aromatic carbocycles. The van der Waals surface area contributed by atoms with Gasteiger partial charge in [-0.3, -0.25) is 0 Å². The second kappa shape index (κ2) is 3.83. The van der Waals surface area contributed by atoms with Crippen molar-refractivity contribution in [3.8, 4) is 5.75 Å². The third-order valence-electron chi connectivity index (χ3n) is 1.91. The highest BCUT2D eigenvalue weighted by Crippen LogP contribution is 2.25. The lowest BCUT2D eigenvalue weighted by Gasteiger charge is -2.19. The second-order valence-corrected chi connectivity index (χ2v) is 5.51. The predicted octanol–water partition coefficient (Wildman–Crippen LogP) is 1.57. The zero-order valence-electron chi connectivity index (χ0n) is 9.02. The van der Waals surface area contributed by atoms with Gasteiger partial charge in [0.05, 0.1) is 0 Å². The van der Waals surface area contributed by atoms with Crippen LogP contribution in [0.4, 0.5) is 0 Å². The fourth-order valence-corrected chi connectivity index (χ4v) is 1.52. The van der Waals surface area contributed by atoms with Gasteiger partial charge in [0.1, 0.15) is 5.75 Å². The molecule has 0 bridgehead atoms. The summed E-state index contributed by atoms with van der Waals surface area (Å²) >= 11 is 0. The van der Waals surface area contributed by atoms with E-state index in [2.05, 4.69) is 4.18 Å². The maximum absolute atomic E-state index is 10.7. The zero-order valence-corrected chi connectivity index (χ0v) is 9.84. The van der Waals surface area contributed by atoms with Crippen LogP contribution in [-0.2, 0) is 15.7 Å². The SMILES string of the molecule is CC(C)(C)c1cccc(OS(N)(=O)=O)c1. The summed E-state index contributed by atoms with van der Waals surface area (Å²) in [5.74, 6) is 0.241. The Labute approximate surface area is 90.3 Å². The molecule has 0 aromatic heterocycles. The average molecular weight is 229 g/mol. The van der Waals surface area contributed by atoms with Crippen LogP contribution in [0.25, 0.3) is 0 Å². The molecular weight excluding hydrogens is 214 g/mol. The third kappa shape index (κ3) is 3.89. The van der Waals surface area contributed by atoms with Crippen LogP contribution in [0, 0.1) is 0 Å². The Morgan fingerprint density at radius 1 is 1.27 bits per heavy atom. The molecule has 0 unspecified atom stereocenters. The first-order valence-electron chi connectivity index (χ1n) is 4.51. The van der Waals surface area contributed by atoms with Gasteiger partial charge in [-0.2, -0.15) is 13.6 Å². The van der Waals surface area contributed by atoms with E-state index in [-0.39, 0.29) is 11.2 Å². The quantitative estimate of drug-likeness (QED) is 0.836. The Morgan fingerprint density at radius 3 is 2.33 bits per heavy atom. The van der Waals surface area contributed by atoms with Gasteiger partial charge in [-0.1, -0.05) is 32.9 Å². The van der Waals surface area contributed by atoms with E-state index in [1.54, 1.807) is 18.2 Å². The molecule has 5 heteroatoms. The van der Waals surface area contributed by atoms with Gasteiger partial charge in [0, 0.05) is 0 Å². The molecule has 0 heterocycles. The molecule has 4 nitrogen and oxygen atoms in total. The minimum Gasteiger partial charge on any atom is -0.371 e. The lowest BCUT2D eigenvalue weighted by molar-refractivity contribution is 0.485. The van der Waals surface area contributed by atoms with E-state index in [0.717, 1.165) is 5.56 Å². The highest BCUT2D eigenvalue weighted by molar-refractivity contribution is 7.84. The highest BCUT2D eigenvalue weighted by Gasteiger charge is 2.15. The summed E-state index contributed by atoms with van der Waals surface area (Å²) in [4.78, 5) is 0. The summed E-state index contributed by atoms with van der Waals surface area (Å²) in [5, 5.41) is 4.78. The van der Waals surface area contributed by atoms with E-state index in [0.29, 0.717) is 0 Å². The molecule has 0 amide bonds. The van der Waals surface area contributed by atoms with Crippen LogP contribution in [0.1, 0.15) is 26.3 Å². The van der Waals surface area contributed by atoms with Gasteiger partial charge in [0.15, 0.2) is 0 Å². The molecule has 2 N–H and O–H groups in total. The van der Waals surface area contributed by atoms with Crippen molar-refractivity contribution in [2.75, 3.05) is 0 Å². The van der Waals surface area contributed by atoms with E-state index < -0.39 is 10.3 Å². The minimum absolute atomic E-state index is 0.0578. The number of rotatable bonds is 2. The van der Waals surface area contributed by atoms with Gasteiger partial charge < -0.3 is 4.18 Å². The predicted molar refractivity (Wildman–Crippen MR) is 58.9 cm³/mol. The number of hydrogen-bond acceptors (Lipinski definition) is 3. The smallest absolute Gasteiger partial charge is 0.371 e. The molecule has 1 aromatic rings. The molecule has 0 aliphatic rings. The van der Waals surface area contributed by atoms with Crippen molar-refractivity contribution in [1.82, 2.24) is 0 Å². The van der Waals surface area contributed by atoms with E-state index in [1.807, 2.05) is 26.8 Å². The van der Waals surface area contributed by atoms with Gasteiger partial charge in [-0.15, -0.1) is 0 Å². The topological polar surface area (TPSA) is 69.4 Å². The van der Waals surface area contributed by atoms with Gasteiger partial charge in [0.25, 0.3) is 0 Å². The molecule has 0 aliphatic heterocycles. The molecule has 0 fully saturated rings. The largest absolute Gasteiger partial charge is 0.380 e. The summed E-state index contributed by atoms with van der Waals surface area (Å²) in [6, 6.07) is 6.88. The van der Waals surface area contributed by atoms with Crippen molar-refractivity contribution in [2.24, 2.45) is 5.14 Å². The van der Waals surface area contributed by atoms with Crippen LogP contribution in [0.2, 0.25) is 0 Å². The zero-order chi connectivity index (χ0) is 11.7. The normalized spacial score (nSPS) is 12.5. The maximum Gasteiger partial charge on any atom is 0.380 e. The average Bonchev–Trinajstić information content (AvgIpc) is 1.99. The lowest BCUT2D eigenvalue weighted by Crippen LogP contribution is -2.19. The summed E-state index contributed by atoms with van der Waals surface area (Å²) in [6.45, 7) is 6.09. The van der Waals surface area contributed by atoms with Crippen LogP contribution in [0.15, 0.2) is 24.3 Å². The number of hydrogen-bond donors (Lipinski definition) is 1. The molecule has 0 atom stereocenters. The van der Waals surface area contributed by atoms with Crippen LogP contribution < -0.4 is 9.32 Å². The van der Waals surface area contributed by atoms with Crippen molar-refractivity contribution in [3.05, 3.63) is 29.8 Å².